The number of methoxy groups -OCH3 is 2. The van der Waals surface area contributed by atoms with Crippen molar-refractivity contribution >= 4 is 63.2 Å². The van der Waals surface area contributed by atoms with Crippen molar-refractivity contribution < 1.29 is 23.8 Å². The molecule has 1 N–H and O–H groups in total. The van der Waals surface area contributed by atoms with E-state index in [9.17, 15) is 9.59 Å². The molecule has 1 aliphatic rings. The molecule has 3 aromatic rings. The summed E-state index contributed by atoms with van der Waals surface area (Å²) in [5.41, 5.74) is 2.06. The Morgan fingerprint density at radius 3 is 2.31 bits per heavy atom. The monoisotopic (exact) mass is 460 g/mol. The molecule has 1 fully saturated rings. The second-order valence-electron chi connectivity index (χ2n) is 7.16. The average Bonchev–Trinajstić information content (AvgIpc) is 3.11. The van der Waals surface area contributed by atoms with Crippen molar-refractivity contribution in [2.45, 2.75) is 18.1 Å². The van der Waals surface area contributed by atoms with Crippen LogP contribution in [0, 0.1) is 0 Å². The van der Waals surface area contributed by atoms with Crippen LogP contribution in [0.4, 0.5) is 4.79 Å². The van der Waals surface area contributed by atoms with Gasteiger partial charge in [-0.2, -0.15) is 0 Å². The summed E-state index contributed by atoms with van der Waals surface area (Å²) in [6, 6.07) is 17.6. The minimum absolute atomic E-state index is 0. The smallest absolute Gasteiger partial charge is 0.286 e. The van der Waals surface area contributed by atoms with Crippen LogP contribution in [0.1, 0.15) is 11.1 Å². The number of hydrogen-bond acceptors (Lipinski definition) is 6. The molecule has 2 amide bonds. The van der Waals surface area contributed by atoms with Crippen LogP contribution in [0.2, 0.25) is 0 Å². The van der Waals surface area contributed by atoms with Gasteiger partial charge >= 0.3 is 0 Å². The summed E-state index contributed by atoms with van der Waals surface area (Å²) in [6.07, 6.45) is 1.19. The van der Waals surface area contributed by atoms with Crippen LogP contribution in [0.25, 0.3) is 10.8 Å². The van der Waals surface area contributed by atoms with Gasteiger partial charge in [-0.1, -0.05) is 36.0 Å². The van der Waals surface area contributed by atoms with E-state index in [1.54, 1.807) is 14.2 Å². The number of rotatable bonds is 8. The maximum atomic E-state index is 11.7. The fraction of sp³-hybridized carbons (Fsp3) is 0.250. The number of nitrogens with one attached hydrogen (secondary N) is 1. The van der Waals surface area contributed by atoms with Gasteiger partial charge in [-0.15, -0.1) is 0 Å². The minimum Gasteiger partial charge on any atom is -0.497 e. The maximum Gasteiger partial charge on any atom is 0.286 e. The predicted molar refractivity (Wildman–Crippen MR) is 127 cm³/mol. The third-order valence-electron chi connectivity index (χ3n) is 5.25. The first-order valence-electron chi connectivity index (χ1n) is 9.94. The quantitative estimate of drug-likeness (QED) is 0.513. The third-order valence-corrected chi connectivity index (χ3v) is 6.23. The van der Waals surface area contributed by atoms with Crippen LogP contribution in [0.3, 0.4) is 0 Å². The molecule has 1 atom stereocenters. The van der Waals surface area contributed by atoms with Gasteiger partial charge in [0.1, 0.15) is 17.2 Å². The van der Waals surface area contributed by atoms with Gasteiger partial charge in [0, 0.05) is 41.5 Å². The van der Waals surface area contributed by atoms with Crippen LogP contribution in [-0.4, -0.2) is 66.8 Å². The molecule has 4 rings (SSSR count). The van der Waals surface area contributed by atoms with E-state index >= 15 is 0 Å². The number of imide groups is 1. The molecule has 1 saturated heterocycles. The molecule has 161 valence electrons. The zero-order chi connectivity index (χ0) is 21.8. The number of amides is 2. The second kappa shape index (κ2) is 11.1. The minimum atomic E-state index is -0.366. The number of fused-ring (bicyclic) bond motifs is 1. The maximum absolute atomic E-state index is 11.7. The molecule has 8 heteroatoms. The standard InChI is InChI=1S/C24H23NO5S.Na/c1-28-18-9-5-16-6-10-21(29-2)19(20(16)14-18)11-12-30-17-7-3-15(4-8-17)13-22-23(26)25-24(27)31-22;/h3-10,14,22H,11-13H2,1-2H3,(H,25,26,27);. The van der Waals surface area contributed by atoms with Crippen molar-refractivity contribution in [3.05, 3.63) is 65.7 Å². The zero-order valence-corrected chi connectivity index (χ0v) is 21.2. The fourth-order valence-corrected chi connectivity index (χ4v) is 4.51. The normalized spacial score (nSPS) is 15.2. The number of hydrogen-bond donors (Lipinski definition) is 1. The summed E-state index contributed by atoms with van der Waals surface area (Å²) >= 11 is 1.04. The Balaban J connectivity index is 0.00000289. The largest absolute Gasteiger partial charge is 0.497 e. The summed E-state index contributed by atoms with van der Waals surface area (Å²) in [6.45, 7) is 0.488. The van der Waals surface area contributed by atoms with E-state index in [4.69, 9.17) is 14.2 Å². The van der Waals surface area contributed by atoms with Crippen molar-refractivity contribution in [3.63, 3.8) is 0 Å². The van der Waals surface area contributed by atoms with E-state index in [1.165, 1.54) is 0 Å². The van der Waals surface area contributed by atoms with Crippen LogP contribution < -0.4 is 19.5 Å². The molecule has 0 aromatic heterocycles. The van der Waals surface area contributed by atoms with Gasteiger partial charge in [0.25, 0.3) is 5.24 Å². The molecule has 6 nitrogen and oxygen atoms in total. The summed E-state index contributed by atoms with van der Waals surface area (Å²) in [7, 11) is 3.32. The first kappa shape index (κ1) is 24.5. The average molecular weight is 461 g/mol. The Morgan fingerprint density at radius 1 is 0.938 bits per heavy atom. The molecule has 1 radical (unpaired) electrons. The molecular formula is C24H23NNaO5S. The number of carbonyl (C=O) groups excluding carboxylic acids is 2. The fourth-order valence-electron chi connectivity index (χ4n) is 3.65. The van der Waals surface area contributed by atoms with Crippen molar-refractivity contribution in [2.75, 3.05) is 20.8 Å². The van der Waals surface area contributed by atoms with Gasteiger partial charge < -0.3 is 14.2 Å². The summed E-state index contributed by atoms with van der Waals surface area (Å²) < 4.78 is 16.9. The third kappa shape index (κ3) is 5.59. The predicted octanol–water partition coefficient (Wildman–Crippen LogP) is 3.99. The molecule has 32 heavy (non-hydrogen) atoms. The first-order chi connectivity index (χ1) is 15.1. The topological polar surface area (TPSA) is 73.9 Å². The van der Waals surface area contributed by atoms with E-state index in [0.717, 1.165) is 50.9 Å². The molecule has 1 unspecified atom stereocenters. The Hall–Kier alpha value is -2.19. The number of ether oxygens (including phenoxy) is 3. The zero-order valence-electron chi connectivity index (χ0n) is 18.3. The van der Waals surface area contributed by atoms with Gasteiger partial charge in [0.05, 0.1) is 26.1 Å². The van der Waals surface area contributed by atoms with Crippen LogP contribution in [0.5, 0.6) is 17.2 Å². The molecule has 3 aromatic carbocycles. The van der Waals surface area contributed by atoms with Crippen molar-refractivity contribution in [3.8, 4) is 17.2 Å². The number of thioether (sulfide) groups is 1. The van der Waals surface area contributed by atoms with Crippen LogP contribution in [-0.2, 0) is 17.6 Å². The van der Waals surface area contributed by atoms with Gasteiger partial charge in [0.15, 0.2) is 0 Å². The second-order valence-corrected chi connectivity index (χ2v) is 8.34. The van der Waals surface area contributed by atoms with Crippen LogP contribution >= 0.6 is 11.8 Å². The molecule has 0 spiro atoms. The van der Waals surface area contributed by atoms with Crippen molar-refractivity contribution in [1.82, 2.24) is 5.32 Å². The van der Waals surface area contributed by atoms with E-state index in [-0.39, 0.29) is 46.0 Å². The van der Waals surface area contributed by atoms with E-state index < -0.39 is 0 Å². The number of carbonyl (C=O) groups is 2. The van der Waals surface area contributed by atoms with Gasteiger partial charge in [-0.3, -0.25) is 14.9 Å². The Bertz CT molecular complexity index is 1110. The van der Waals surface area contributed by atoms with Gasteiger partial charge in [0.2, 0.25) is 5.91 Å². The van der Waals surface area contributed by atoms with Crippen molar-refractivity contribution in [1.29, 1.82) is 0 Å². The Labute approximate surface area is 213 Å². The van der Waals surface area contributed by atoms with Crippen LogP contribution in [0.15, 0.2) is 54.6 Å². The molecular weight excluding hydrogens is 437 g/mol. The summed E-state index contributed by atoms with van der Waals surface area (Å²) in [5, 5.41) is 3.87. The molecule has 1 aliphatic heterocycles. The molecule has 0 aliphatic carbocycles. The molecule has 1 heterocycles. The summed E-state index contributed by atoms with van der Waals surface area (Å²) in [5.74, 6) is 2.15. The SMILES string of the molecule is COc1ccc2ccc(OC)c(CCOc3ccc(CC4SC(=O)NC4=O)cc3)c2c1.[Na]. The molecule has 0 bridgehead atoms. The van der Waals surface area contributed by atoms with E-state index in [1.807, 2.05) is 54.6 Å². The van der Waals surface area contributed by atoms with E-state index in [2.05, 4.69) is 5.32 Å². The number of benzene rings is 3. The van der Waals surface area contributed by atoms with E-state index in [0.29, 0.717) is 19.4 Å². The van der Waals surface area contributed by atoms with Crippen molar-refractivity contribution in [2.24, 2.45) is 0 Å². The summed E-state index contributed by atoms with van der Waals surface area (Å²) in [4.78, 5) is 23.0. The van der Waals surface area contributed by atoms with Gasteiger partial charge in [-0.25, -0.2) is 0 Å². The van der Waals surface area contributed by atoms with Gasteiger partial charge in [-0.05, 0) is 53.1 Å². The first-order valence-corrected chi connectivity index (χ1v) is 10.8. The Morgan fingerprint density at radius 2 is 1.66 bits per heavy atom. The molecule has 0 saturated carbocycles. The Kier molecular flexibility index (Phi) is 8.48.